The summed E-state index contributed by atoms with van der Waals surface area (Å²) in [5.74, 6) is -1.31. The summed E-state index contributed by atoms with van der Waals surface area (Å²) in [6, 6.07) is 0.0279. The monoisotopic (exact) mass is 451 g/mol. The first-order valence-electron chi connectivity index (χ1n) is 10.5. The lowest BCUT2D eigenvalue weighted by molar-refractivity contribution is -0.142. The van der Waals surface area contributed by atoms with Gasteiger partial charge in [0.2, 0.25) is 5.88 Å². The van der Waals surface area contributed by atoms with Crippen LogP contribution in [0.2, 0.25) is 0 Å². The maximum atomic E-state index is 13.1. The lowest BCUT2D eigenvalue weighted by Gasteiger charge is -2.42. The van der Waals surface area contributed by atoms with Crippen molar-refractivity contribution >= 4 is 17.6 Å². The van der Waals surface area contributed by atoms with Crippen molar-refractivity contribution in [1.29, 1.82) is 0 Å². The van der Waals surface area contributed by atoms with Gasteiger partial charge in [-0.05, 0) is 18.3 Å². The van der Waals surface area contributed by atoms with Crippen LogP contribution in [0.15, 0.2) is 23.8 Å². The Morgan fingerprint density at radius 3 is 2.59 bits per heavy atom. The van der Waals surface area contributed by atoms with Gasteiger partial charge in [-0.15, -0.1) is 0 Å². The summed E-state index contributed by atoms with van der Waals surface area (Å²) in [5.41, 5.74) is 2.04. The first-order chi connectivity index (χ1) is 15.0. The van der Waals surface area contributed by atoms with Crippen molar-refractivity contribution in [2.24, 2.45) is 5.41 Å². The van der Waals surface area contributed by atoms with Gasteiger partial charge in [0, 0.05) is 19.0 Å². The van der Waals surface area contributed by atoms with Crippen molar-refractivity contribution in [3.63, 3.8) is 0 Å². The van der Waals surface area contributed by atoms with Gasteiger partial charge in [0.25, 0.3) is 18.2 Å². The minimum Gasteiger partial charge on any atom is -0.494 e. The molecule has 10 nitrogen and oxygen atoms in total. The molecule has 1 saturated carbocycles. The van der Waals surface area contributed by atoms with Crippen LogP contribution in [-0.2, 0) is 9.59 Å². The standard InChI is InChI=1S/C20H27F2N7O3/c1-20(2,3)9-28-14-6-12(26-13-8-23-11(7-24-13)16(21)22)27-29(14)19(32)15(18(28)31)17(30)25-10-4-5-10/h7-8,10,12,14,16,27,31H,4-6,9H2,1-3H3,(H,24,26)(H,25,30). The number of hydrogen-bond acceptors (Lipinski definition) is 8. The number of rotatable bonds is 6. The Labute approximate surface area is 184 Å². The third kappa shape index (κ3) is 4.59. The van der Waals surface area contributed by atoms with E-state index in [4.69, 9.17) is 0 Å². The maximum Gasteiger partial charge on any atom is 0.281 e. The van der Waals surface area contributed by atoms with Crippen LogP contribution >= 0.6 is 0 Å². The summed E-state index contributed by atoms with van der Waals surface area (Å²) in [7, 11) is 0. The Morgan fingerprint density at radius 1 is 1.31 bits per heavy atom. The molecule has 32 heavy (non-hydrogen) atoms. The summed E-state index contributed by atoms with van der Waals surface area (Å²) in [6.45, 7) is 6.36. The van der Waals surface area contributed by atoms with Gasteiger partial charge in [-0.25, -0.2) is 29.2 Å². The predicted molar refractivity (Wildman–Crippen MR) is 110 cm³/mol. The predicted octanol–water partition coefficient (Wildman–Crippen LogP) is 1.63. The lowest BCUT2D eigenvalue weighted by Crippen LogP contribution is -2.58. The summed E-state index contributed by atoms with van der Waals surface area (Å²) in [4.78, 5) is 35.1. The highest BCUT2D eigenvalue weighted by Gasteiger charge is 2.49. The number of carbonyl (C=O) groups is 2. The van der Waals surface area contributed by atoms with E-state index in [0.717, 1.165) is 19.0 Å². The highest BCUT2D eigenvalue weighted by molar-refractivity contribution is 6.19. The molecule has 2 aliphatic heterocycles. The van der Waals surface area contributed by atoms with Gasteiger partial charge in [-0.2, -0.15) is 0 Å². The molecule has 2 amide bonds. The number of carbonyl (C=O) groups excluding carboxylic acids is 2. The Bertz CT molecular complexity index is 928. The molecule has 12 heteroatoms. The molecule has 0 aromatic carbocycles. The molecule has 174 valence electrons. The SMILES string of the molecule is CC(C)(C)CN1C(O)=C(C(=O)NC2CC2)C(=O)N2NC(Nc3cnc(C(F)F)cn3)CC12. The molecule has 2 fully saturated rings. The molecule has 3 aliphatic rings. The average molecular weight is 451 g/mol. The molecule has 4 rings (SSSR count). The highest BCUT2D eigenvalue weighted by Crippen LogP contribution is 2.33. The van der Waals surface area contributed by atoms with Gasteiger partial charge in [-0.1, -0.05) is 20.8 Å². The van der Waals surface area contributed by atoms with Gasteiger partial charge in [0.1, 0.15) is 17.7 Å². The molecule has 2 unspecified atom stereocenters. The van der Waals surface area contributed by atoms with E-state index in [1.807, 2.05) is 20.8 Å². The van der Waals surface area contributed by atoms with Gasteiger partial charge in [0.15, 0.2) is 5.57 Å². The van der Waals surface area contributed by atoms with Crippen LogP contribution in [-0.4, -0.2) is 61.7 Å². The van der Waals surface area contributed by atoms with Crippen LogP contribution in [0.3, 0.4) is 0 Å². The Morgan fingerprint density at radius 2 is 2.03 bits per heavy atom. The average Bonchev–Trinajstić information content (AvgIpc) is 3.41. The third-order valence-corrected chi connectivity index (χ3v) is 5.33. The fourth-order valence-corrected chi connectivity index (χ4v) is 3.75. The Hall–Kier alpha value is -3.02. The van der Waals surface area contributed by atoms with E-state index < -0.39 is 36.3 Å². The number of aliphatic hydroxyl groups is 1. The number of amides is 2. The number of aromatic nitrogens is 2. The van der Waals surface area contributed by atoms with Crippen molar-refractivity contribution < 1.29 is 23.5 Å². The van der Waals surface area contributed by atoms with Crippen LogP contribution < -0.4 is 16.1 Å². The van der Waals surface area contributed by atoms with Gasteiger partial charge >= 0.3 is 0 Å². The number of alkyl halides is 2. The first-order valence-corrected chi connectivity index (χ1v) is 10.5. The van der Waals surface area contributed by atoms with Crippen LogP contribution in [0.1, 0.15) is 52.2 Å². The number of hydrogen-bond donors (Lipinski definition) is 4. The summed E-state index contributed by atoms with van der Waals surface area (Å²) < 4.78 is 25.4. The highest BCUT2D eigenvalue weighted by atomic mass is 19.3. The van der Waals surface area contributed by atoms with E-state index in [0.29, 0.717) is 13.0 Å². The van der Waals surface area contributed by atoms with Crippen LogP contribution in [0.25, 0.3) is 0 Å². The smallest absolute Gasteiger partial charge is 0.281 e. The van der Waals surface area contributed by atoms with Gasteiger partial charge < -0.3 is 20.6 Å². The van der Waals surface area contributed by atoms with Crippen molar-refractivity contribution in [1.82, 2.24) is 30.6 Å². The van der Waals surface area contributed by atoms with E-state index in [-0.39, 0.29) is 28.7 Å². The fraction of sp³-hybridized carbons (Fsp3) is 0.600. The van der Waals surface area contributed by atoms with Crippen LogP contribution in [0, 0.1) is 5.41 Å². The van der Waals surface area contributed by atoms with Gasteiger partial charge in [0.05, 0.1) is 18.6 Å². The topological polar surface area (TPSA) is 123 Å². The van der Waals surface area contributed by atoms with E-state index in [1.54, 1.807) is 4.90 Å². The molecule has 2 atom stereocenters. The van der Waals surface area contributed by atoms with Crippen molar-refractivity contribution in [2.75, 3.05) is 11.9 Å². The van der Waals surface area contributed by atoms with E-state index in [1.165, 1.54) is 11.2 Å². The van der Waals surface area contributed by atoms with Crippen molar-refractivity contribution in [3.8, 4) is 0 Å². The third-order valence-electron chi connectivity index (χ3n) is 5.33. The summed E-state index contributed by atoms with van der Waals surface area (Å²) in [5, 5.41) is 18.0. The largest absolute Gasteiger partial charge is 0.494 e. The fourth-order valence-electron chi connectivity index (χ4n) is 3.75. The number of aliphatic hydroxyl groups excluding tert-OH is 1. The molecule has 1 aromatic rings. The zero-order valence-corrected chi connectivity index (χ0v) is 18.1. The minimum absolute atomic E-state index is 0.0279. The number of halogens is 2. The van der Waals surface area contributed by atoms with Crippen molar-refractivity contribution in [2.45, 2.75) is 64.8 Å². The lowest BCUT2D eigenvalue weighted by atomic mass is 9.95. The number of fused-ring (bicyclic) bond motifs is 1. The second kappa shape index (κ2) is 8.15. The van der Waals surface area contributed by atoms with Crippen LogP contribution in [0.5, 0.6) is 0 Å². The van der Waals surface area contributed by atoms with E-state index >= 15 is 0 Å². The zero-order chi connectivity index (χ0) is 23.2. The Balaban J connectivity index is 1.55. The van der Waals surface area contributed by atoms with Crippen LogP contribution in [0.4, 0.5) is 14.6 Å². The Kier molecular flexibility index (Phi) is 5.65. The molecule has 0 spiro atoms. The number of nitrogens with zero attached hydrogens (tertiary/aromatic N) is 4. The normalized spacial score (nSPS) is 23.6. The van der Waals surface area contributed by atoms with Gasteiger partial charge in [-0.3, -0.25) is 9.59 Å². The quantitative estimate of drug-likeness (QED) is 0.482. The second-order valence-electron chi connectivity index (χ2n) is 9.48. The molecule has 1 aromatic heterocycles. The molecule has 0 bridgehead atoms. The molecular formula is C20H27F2N7O3. The molecule has 1 saturated heterocycles. The van der Waals surface area contributed by atoms with Crippen molar-refractivity contribution in [3.05, 3.63) is 29.5 Å². The van der Waals surface area contributed by atoms with E-state index in [9.17, 15) is 23.5 Å². The molecule has 0 radical (unpaired) electrons. The number of anilines is 1. The molecule has 4 N–H and O–H groups in total. The molecule has 1 aliphatic carbocycles. The summed E-state index contributed by atoms with van der Waals surface area (Å²) >= 11 is 0. The molecule has 3 heterocycles. The summed E-state index contributed by atoms with van der Waals surface area (Å²) in [6.07, 6.45) is 0.458. The number of hydrazine groups is 1. The van der Waals surface area contributed by atoms with E-state index in [2.05, 4.69) is 26.0 Å². The first kappa shape index (κ1) is 22.2. The maximum absolute atomic E-state index is 13.1. The minimum atomic E-state index is -2.71. The zero-order valence-electron chi connectivity index (χ0n) is 18.1. The second-order valence-corrected chi connectivity index (χ2v) is 9.48. The number of nitrogens with one attached hydrogen (secondary N) is 3. The molecular weight excluding hydrogens is 424 g/mol.